The fourth-order valence-electron chi connectivity index (χ4n) is 2.52. The molecule has 0 aliphatic carbocycles. The van der Waals surface area contributed by atoms with E-state index in [-0.39, 0.29) is 12.5 Å². The first-order valence-corrected chi connectivity index (χ1v) is 9.65. The van der Waals surface area contributed by atoms with Gasteiger partial charge in [0.1, 0.15) is 12.4 Å². The number of halogens is 2. The molecule has 1 fully saturated rings. The van der Waals surface area contributed by atoms with Crippen LogP contribution in [-0.4, -0.2) is 44.4 Å². The summed E-state index contributed by atoms with van der Waals surface area (Å²) in [4.78, 5) is 14.0. The van der Waals surface area contributed by atoms with Gasteiger partial charge in [-0.3, -0.25) is 4.79 Å². The highest BCUT2D eigenvalue weighted by Crippen LogP contribution is 2.28. The Labute approximate surface area is 160 Å². The summed E-state index contributed by atoms with van der Waals surface area (Å²) in [6, 6.07) is 5.05. The van der Waals surface area contributed by atoms with Gasteiger partial charge in [-0.15, -0.1) is 10.2 Å². The molecule has 3 rings (SSSR count). The first-order chi connectivity index (χ1) is 12.0. The second-order valence-corrected chi connectivity index (χ2v) is 7.48. The third-order valence-electron chi connectivity index (χ3n) is 3.96. The molecule has 25 heavy (non-hydrogen) atoms. The van der Waals surface area contributed by atoms with E-state index in [2.05, 4.69) is 10.2 Å². The van der Waals surface area contributed by atoms with Gasteiger partial charge < -0.3 is 14.2 Å². The molecule has 1 amide bonds. The van der Waals surface area contributed by atoms with Crippen LogP contribution in [0.15, 0.2) is 23.4 Å². The lowest BCUT2D eigenvalue weighted by molar-refractivity contribution is -0.127. The first kappa shape index (κ1) is 18.4. The van der Waals surface area contributed by atoms with E-state index in [0.29, 0.717) is 32.5 Å². The van der Waals surface area contributed by atoms with E-state index < -0.39 is 0 Å². The predicted molar refractivity (Wildman–Crippen MR) is 98.3 cm³/mol. The zero-order valence-electron chi connectivity index (χ0n) is 13.7. The molecule has 0 saturated carbocycles. The number of ether oxygens (including phenoxy) is 1. The summed E-state index contributed by atoms with van der Waals surface area (Å²) in [5.74, 6) is 1.71. The maximum absolute atomic E-state index is 12.1. The van der Waals surface area contributed by atoms with Crippen molar-refractivity contribution >= 4 is 40.9 Å². The van der Waals surface area contributed by atoms with Crippen LogP contribution in [0, 0.1) is 0 Å². The second kappa shape index (κ2) is 8.29. The van der Waals surface area contributed by atoms with Crippen LogP contribution in [-0.2, 0) is 18.4 Å². The number of aromatic nitrogens is 3. The molecule has 1 aliphatic heterocycles. The lowest BCUT2D eigenvalue weighted by Gasteiger charge is -2.14. The molecule has 2 aromatic rings. The molecular formula is C16H18Cl2N4O2S. The van der Waals surface area contributed by atoms with Crippen LogP contribution in [0.1, 0.15) is 18.7 Å². The number of rotatable bonds is 6. The number of carbonyl (C=O) groups excluding carboxylic acids is 1. The van der Waals surface area contributed by atoms with Gasteiger partial charge in [-0.05, 0) is 31.0 Å². The standard InChI is InChI=1S/C16H18Cl2N4O2S/c1-21-14(9-24-13-5-4-11(17)8-12(13)18)19-20-16(21)25-10-15(23)22-6-2-3-7-22/h4-5,8H,2-3,6-7,9-10H2,1H3. The minimum Gasteiger partial charge on any atom is -0.484 e. The van der Waals surface area contributed by atoms with Crippen LogP contribution >= 0.6 is 35.0 Å². The van der Waals surface area contributed by atoms with Gasteiger partial charge in [0.2, 0.25) is 5.91 Å². The van der Waals surface area contributed by atoms with E-state index in [4.69, 9.17) is 27.9 Å². The maximum atomic E-state index is 12.1. The predicted octanol–water partition coefficient (Wildman–Crippen LogP) is 3.42. The normalized spacial score (nSPS) is 14.1. The van der Waals surface area contributed by atoms with E-state index in [0.717, 1.165) is 25.9 Å². The Morgan fingerprint density at radius 1 is 1.28 bits per heavy atom. The molecule has 2 heterocycles. The van der Waals surface area contributed by atoms with Gasteiger partial charge in [-0.25, -0.2) is 0 Å². The fourth-order valence-corrected chi connectivity index (χ4v) is 3.81. The van der Waals surface area contributed by atoms with Crippen molar-refractivity contribution < 1.29 is 9.53 Å². The Bertz CT molecular complexity index is 763. The zero-order chi connectivity index (χ0) is 17.8. The summed E-state index contributed by atoms with van der Waals surface area (Å²) >= 11 is 13.3. The van der Waals surface area contributed by atoms with Gasteiger partial charge in [0.15, 0.2) is 11.0 Å². The van der Waals surface area contributed by atoms with Gasteiger partial charge in [-0.2, -0.15) is 0 Å². The van der Waals surface area contributed by atoms with Crippen LogP contribution in [0.25, 0.3) is 0 Å². The molecule has 0 spiro atoms. The highest BCUT2D eigenvalue weighted by molar-refractivity contribution is 7.99. The number of hydrogen-bond acceptors (Lipinski definition) is 5. The first-order valence-electron chi connectivity index (χ1n) is 7.91. The highest BCUT2D eigenvalue weighted by atomic mass is 35.5. The van der Waals surface area contributed by atoms with Gasteiger partial charge in [-0.1, -0.05) is 35.0 Å². The molecule has 0 radical (unpaired) electrons. The average Bonchev–Trinajstić information content (AvgIpc) is 3.23. The zero-order valence-corrected chi connectivity index (χ0v) is 16.1. The van der Waals surface area contributed by atoms with E-state index in [9.17, 15) is 4.79 Å². The molecule has 1 aliphatic rings. The number of hydrogen-bond donors (Lipinski definition) is 0. The Morgan fingerprint density at radius 3 is 2.76 bits per heavy atom. The molecule has 0 atom stereocenters. The van der Waals surface area contributed by atoms with Gasteiger partial charge in [0.05, 0.1) is 10.8 Å². The molecular weight excluding hydrogens is 383 g/mol. The maximum Gasteiger partial charge on any atom is 0.233 e. The molecule has 1 saturated heterocycles. The summed E-state index contributed by atoms with van der Waals surface area (Å²) in [5, 5.41) is 9.95. The van der Waals surface area contributed by atoms with Crippen molar-refractivity contribution in [3.63, 3.8) is 0 Å². The molecule has 1 aromatic carbocycles. The summed E-state index contributed by atoms with van der Waals surface area (Å²) in [6.45, 7) is 1.95. The van der Waals surface area contributed by atoms with E-state index in [1.54, 1.807) is 18.2 Å². The minimum atomic E-state index is 0.149. The Balaban J connectivity index is 1.56. The van der Waals surface area contributed by atoms with Gasteiger partial charge in [0, 0.05) is 25.2 Å². The van der Waals surface area contributed by atoms with Crippen LogP contribution in [0.4, 0.5) is 0 Å². The van der Waals surface area contributed by atoms with Crippen molar-refractivity contribution in [1.82, 2.24) is 19.7 Å². The molecule has 1 aromatic heterocycles. The van der Waals surface area contributed by atoms with E-state index in [1.807, 2.05) is 16.5 Å². The van der Waals surface area contributed by atoms with Crippen molar-refractivity contribution in [2.45, 2.75) is 24.6 Å². The smallest absolute Gasteiger partial charge is 0.233 e. The van der Waals surface area contributed by atoms with Crippen LogP contribution in [0.3, 0.4) is 0 Å². The summed E-state index contributed by atoms with van der Waals surface area (Å²) in [6.07, 6.45) is 2.18. The summed E-state index contributed by atoms with van der Waals surface area (Å²) in [5.41, 5.74) is 0. The number of amides is 1. The van der Waals surface area contributed by atoms with Crippen LogP contribution in [0.2, 0.25) is 10.0 Å². The lowest BCUT2D eigenvalue weighted by atomic mass is 10.3. The van der Waals surface area contributed by atoms with Crippen molar-refractivity contribution in [3.8, 4) is 5.75 Å². The topological polar surface area (TPSA) is 60.2 Å². The quantitative estimate of drug-likeness (QED) is 0.695. The SMILES string of the molecule is Cn1c(COc2ccc(Cl)cc2Cl)nnc1SCC(=O)N1CCCC1. The number of nitrogens with zero attached hydrogens (tertiary/aromatic N) is 4. The van der Waals surface area contributed by atoms with Crippen LogP contribution in [0.5, 0.6) is 5.75 Å². The largest absolute Gasteiger partial charge is 0.484 e. The molecule has 0 unspecified atom stereocenters. The molecule has 9 heteroatoms. The monoisotopic (exact) mass is 400 g/mol. The van der Waals surface area contributed by atoms with Crippen LogP contribution < -0.4 is 4.74 Å². The number of carbonyl (C=O) groups is 1. The highest BCUT2D eigenvalue weighted by Gasteiger charge is 2.19. The van der Waals surface area contributed by atoms with Crippen molar-refractivity contribution in [3.05, 3.63) is 34.1 Å². The second-order valence-electron chi connectivity index (χ2n) is 5.70. The lowest BCUT2D eigenvalue weighted by Crippen LogP contribution is -2.29. The molecule has 0 bridgehead atoms. The average molecular weight is 401 g/mol. The van der Waals surface area contributed by atoms with Crippen molar-refractivity contribution in [2.75, 3.05) is 18.8 Å². The Morgan fingerprint density at radius 2 is 2.04 bits per heavy atom. The summed E-state index contributed by atoms with van der Waals surface area (Å²) in [7, 11) is 1.85. The van der Waals surface area contributed by atoms with Crippen molar-refractivity contribution in [1.29, 1.82) is 0 Å². The fraction of sp³-hybridized carbons (Fsp3) is 0.438. The van der Waals surface area contributed by atoms with Gasteiger partial charge >= 0.3 is 0 Å². The number of thioether (sulfide) groups is 1. The molecule has 6 nitrogen and oxygen atoms in total. The molecule has 0 N–H and O–H groups in total. The van der Waals surface area contributed by atoms with Gasteiger partial charge in [0.25, 0.3) is 0 Å². The summed E-state index contributed by atoms with van der Waals surface area (Å²) < 4.78 is 7.51. The third-order valence-corrected chi connectivity index (χ3v) is 5.49. The molecule has 134 valence electrons. The number of benzene rings is 1. The Hall–Kier alpha value is -1.44. The van der Waals surface area contributed by atoms with E-state index >= 15 is 0 Å². The van der Waals surface area contributed by atoms with Crippen molar-refractivity contribution in [2.24, 2.45) is 7.05 Å². The minimum absolute atomic E-state index is 0.149. The Kier molecular flexibility index (Phi) is 6.09. The third kappa shape index (κ3) is 4.59. The number of likely N-dealkylation sites (tertiary alicyclic amines) is 1. The van der Waals surface area contributed by atoms with E-state index in [1.165, 1.54) is 11.8 Å².